The summed E-state index contributed by atoms with van der Waals surface area (Å²) < 4.78 is 11.9. The minimum Gasteiger partial charge on any atom is -0.453 e. The highest BCUT2D eigenvalue weighted by Gasteiger charge is 2.39. The number of thiophene rings is 2. The normalized spacial score (nSPS) is 18.1. The number of alkyl carbamates (subject to hydrolysis) is 2. The lowest BCUT2D eigenvalue weighted by molar-refractivity contribution is -0.136. The zero-order valence-electron chi connectivity index (χ0n) is 32.4. The lowest BCUT2D eigenvalue weighted by atomic mass is 10.0. The Morgan fingerprint density at radius 3 is 1.64 bits per heavy atom. The van der Waals surface area contributed by atoms with Crippen LogP contribution in [-0.4, -0.2) is 93.1 Å². The summed E-state index contributed by atoms with van der Waals surface area (Å²) >= 11 is 3.39. The number of carbonyl (C=O) groups excluding carboxylic acids is 4. The van der Waals surface area contributed by atoms with Crippen LogP contribution in [0, 0.1) is 11.8 Å². The molecule has 2 aliphatic heterocycles. The number of aromatic amines is 2. The molecule has 14 nitrogen and oxygen atoms in total. The minimum atomic E-state index is -0.688. The Hall–Kier alpha value is -5.22. The highest BCUT2D eigenvalue weighted by molar-refractivity contribution is 7.27. The number of carbonyl (C=O) groups is 4. The van der Waals surface area contributed by atoms with Crippen LogP contribution in [0.2, 0.25) is 0 Å². The van der Waals surface area contributed by atoms with Gasteiger partial charge in [0, 0.05) is 35.0 Å². The fraction of sp³-hybridized carbons (Fsp3) is 0.450. The van der Waals surface area contributed by atoms with E-state index in [0.29, 0.717) is 13.1 Å². The van der Waals surface area contributed by atoms with Gasteiger partial charge in [-0.15, -0.1) is 22.7 Å². The van der Waals surface area contributed by atoms with Crippen molar-refractivity contribution >= 4 is 56.1 Å². The molecule has 0 aliphatic carbocycles. The van der Waals surface area contributed by atoms with E-state index in [9.17, 15) is 19.2 Å². The van der Waals surface area contributed by atoms with Gasteiger partial charge in [0.05, 0.1) is 59.5 Å². The SMILES string of the molecule is COC(=O)N[C@H](C(=O)N1CCCC1c1ncc(-c2ccc(-c3csc4c(-c5cnc(C6CCCN6C(=O)[C@@H](NC(=O)OC)C(C)C)[nH]5)csc34)cc2)[nH]1)C(C)C. The van der Waals surface area contributed by atoms with Gasteiger partial charge in [0.2, 0.25) is 11.8 Å². The molecule has 6 heterocycles. The zero-order valence-corrected chi connectivity index (χ0v) is 34.0. The number of imidazole rings is 2. The summed E-state index contributed by atoms with van der Waals surface area (Å²) in [6.07, 6.45) is 5.68. The molecule has 5 aromatic rings. The number of amides is 4. The molecule has 4 aromatic heterocycles. The molecule has 0 radical (unpaired) electrons. The third-order valence-electron chi connectivity index (χ3n) is 10.8. The quantitative estimate of drug-likeness (QED) is 0.106. The number of fused-ring (bicyclic) bond motifs is 1. The Bertz CT molecular complexity index is 2200. The Labute approximate surface area is 333 Å². The molecule has 2 unspecified atom stereocenters. The van der Waals surface area contributed by atoms with Gasteiger partial charge in [-0.05, 0) is 48.6 Å². The zero-order chi connectivity index (χ0) is 39.7. The smallest absolute Gasteiger partial charge is 0.407 e. The van der Waals surface area contributed by atoms with Crippen LogP contribution in [0.1, 0.15) is 77.1 Å². The summed E-state index contributed by atoms with van der Waals surface area (Å²) in [5, 5.41) is 9.75. The van der Waals surface area contributed by atoms with Gasteiger partial charge in [0.25, 0.3) is 0 Å². The highest BCUT2D eigenvalue weighted by Crippen LogP contribution is 2.44. The fourth-order valence-electron chi connectivity index (χ4n) is 7.72. The van der Waals surface area contributed by atoms with E-state index in [4.69, 9.17) is 19.4 Å². The fourth-order valence-corrected chi connectivity index (χ4v) is 10.2. The van der Waals surface area contributed by atoms with Crippen LogP contribution in [0.15, 0.2) is 47.4 Å². The monoisotopic (exact) mass is 800 g/mol. The van der Waals surface area contributed by atoms with Crippen molar-refractivity contribution in [1.29, 1.82) is 0 Å². The molecule has 0 saturated carbocycles. The van der Waals surface area contributed by atoms with Crippen molar-refractivity contribution in [2.75, 3.05) is 27.3 Å². The van der Waals surface area contributed by atoms with Crippen molar-refractivity contribution in [2.45, 2.75) is 77.5 Å². The van der Waals surface area contributed by atoms with E-state index in [1.54, 1.807) is 22.7 Å². The minimum absolute atomic E-state index is 0.105. The van der Waals surface area contributed by atoms with Crippen LogP contribution in [0.25, 0.3) is 43.0 Å². The average Bonchev–Trinajstić information content (AvgIpc) is 4.04. The molecule has 0 spiro atoms. The molecule has 7 rings (SSSR count). The lowest BCUT2D eigenvalue weighted by Crippen LogP contribution is -2.51. The van der Waals surface area contributed by atoms with Crippen molar-refractivity contribution in [1.82, 2.24) is 40.4 Å². The van der Waals surface area contributed by atoms with E-state index in [-0.39, 0.29) is 35.7 Å². The van der Waals surface area contributed by atoms with Gasteiger partial charge in [-0.2, -0.15) is 0 Å². The van der Waals surface area contributed by atoms with E-state index in [1.165, 1.54) is 23.6 Å². The Balaban J connectivity index is 1.05. The topological polar surface area (TPSA) is 175 Å². The maximum atomic E-state index is 13.6. The number of ether oxygens (including phenoxy) is 2. The summed E-state index contributed by atoms with van der Waals surface area (Å²) in [5.74, 6) is 0.982. The van der Waals surface area contributed by atoms with Crippen LogP contribution in [0.5, 0.6) is 0 Å². The number of aromatic nitrogens is 4. The first-order valence-corrected chi connectivity index (χ1v) is 20.7. The molecular formula is C40H48N8O6S2. The predicted molar refractivity (Wildman–Crippen MR) is 216 cm³/mol. The first kappa shape index (κ1) is 39.0. The van der Waals surface area contributed by atoms with E-state index in [2.05, 4.69) is 55.6 Å². The number of nitrogens with one attached hydrogen (secondary N) is 4. The second-order valence-electron chi connectivity index (χ2n) is 15.0. The molecule has 2 aliphatic rings. The lowest BCUT2D eigenvalue weighted by Gasteiger charge is -2.30. The second kappa shape index (κ2) is 16.5. The number of hydrogen-bond acceptors (Lipinski definition) is 10. The molecule has 4 amide bonds. The number of hydrogen-bond donors (Lipinski definition) is 4. The Morgan fingerprint density at radius 1 is 0.696 bits per heavy atom. The van der Waals surface area contributed by atoms with Crippen LogP contribution >= 0.6 is 22.7 Å². The predicted octanol–water partition coefficient (Wildman–Crippen LogP) is 7.50. The highest BCUT2D eigenvalue weighted by atomic mass is 32.1. The van der Waals surface area contributed by atoms with Gasteiger partial charge in [-0.25, -0.2) is 19.6 Å². The number of methoxy groups -OCH3 is 2. The van der Waals surface area contributed by atoms with E-state index >= 15 is 0 Å². The third kappa shape index (κ3) is 7.63. The largest absolute Gasteiger partial charge is 0.453 e. The van der Waals surface area contributed by atoms with Crippen LogP contribution in [0.4, 0.5) is 9.59 Å². The van der Waals surface area contributed by atoms with Crippen molar-refractivity contribution in [3.05, 3.63) is 59.1 Å². The third-order valence-corrected chi connectivity index (χ3v) is 12.9. The average molecular weight is 801 g/mol. The molecule has 16 heteroatoms. The van der Waals surface area contributed by atoms with E-state index < -0.39 is 24.3 Å². The van der Waals surface area contributed by atoms with Crippen LogP contribution < -0.4 is 10.6 Å². The molecule has 2 saturated heterocycles. The molecular weight excluding hydrogens is 753 g/mol. The van der Waals surface area contributed by atoms with Gasteiger partial charge in [-0.3, -0.25) is 9.59 Å². The van der Waals surface area contributed by atoms with Gasteiger partial charge < -0.3 is 39.9 Å². The maximum Gasteiger partial charge on any atom is 0.407 e. The number of nitrogens with zero attached hydrogens (tertiary/aromatic N) is 4. The summed E-state index contributed by atoms with van der Waals surface area (Å²) in [5.41, 5.74) is 6.08. The summed E-state index contributed by atoms with van der Waals surface area (Å²) in [7, 11) is 2.59. The van der Waals surface area contributed by atoms with Crippen molar-refractivity contribution in [2.24, 2.45) is 11.8 Å². The van der Waals surface area contributed by atoms with Crippen LogP contribution in [0.3, 0.4) is 0 Å². The number of rotatable bonds is 11. The number of likely N-dealkylation sites (tertiary alicyclic amines) is 2. The maximum absolute atomic E-state index is 13.6. The summed E-state index contributed by atoms with van der Waals surface area (Å²) in [6, 6.07) is 6.61. The number of H-pyrrole nitrogens is 2. The Morgan fingerprint density at radius 2 is 1.14 bits per heavy atom. The van der Waals surface area contributed by atoms with Gasteiger partial charge in [0.15, 0.2) is 0 Å². The molecule has 0 bridgehead atoms. The standard InChI is InChI=1S/C40H48N8O6S2/c1-21(2)31(45-39(51)53-5)37(49)47-15-7-9-29(47)35-41-17-27(43-35)24-13-11-23(12-14-24)25-19-55-34-26(20-56-33(25)34)28-18-42-36(44-28)30-10-8-16-48(30)38(50)32(22(3)4)46-40(52)54-6/h11-14,17-22,29-32H,7-10,15-16H2,1-6H3,(H,41,43)(H,42,44)(H,45,51)(H,46,52)/t29?,30?,31-,32-/m0/s1. The van der Waals surface area contributed by atoms with Crippen molar-refractivity contribution in [3.8, 4) is 33.6 Å². The first-order valence-electron chi connectivity index (χ1n) is 19.0. The molecule has 4 atom stereocenters. The molecule has 56 heavy (non-hydrogen) atoms. The van der Waals surface area contributed by atoms with Crippen molar-refractivity contribution < 1.29 is 28.7 Å². The molecule has 296 valence electrons. The van der Waals surface area contributed by atoms with Gasteiger partial charge in [0.1, 0.15) is 23.7 Å². The number of benzene rings is 1. The molecule has 1 aromatic carbocycles. The van der Waals surface area contributed by atoms with E-state index in [1.807, 2.05) is 49.9 Å². The van der Waals surface area contributed by atoms with Crippen LogP contribution in [-0.2, 0) is 19.1 Å². The molecule has 4 N–H and O–H groups in total. The second-order valence-corrected chi connectivity index (χ2v) is 16.8. The first-order chi connectivity index (χ1) is 27.0. The summed E-state index contributed by atoms with van der Waals surface area (Å²) in [6.45, 7) is 8.81. The van der Waals surface area contributed by atoms with Gasteiger partial charge in [-0.1, -0.05) is 52.0 Å². The summed E-state index contributed by atoms with van der Waals surface area (Å²) in [4.78, 5) is 71.2. The molecule has 2 fully saturated rings. The Kier molecular flexibility index (Phi) is 11.5. The van der Waals surface area contributed by atoms with E-state index in [0.717, 1.165) is 71.0 Å². The van der Waals surface area contributed by atoms with Crippen molar-refractivity contribution in [3.63, 3.8) is 0 Å². The van der Waals surface area contributed by atoms with Gasteiger partial charge >= 0.3 is 12.2 Å².